The summed E-state index contributed by atoms with van der Waals surface area (Å²) in [5, 5.41) is 5.95. The molecule has 1 heterocycles. The molecule has 1 aromatic rings. The molecule has 1 aliphatic heterocycles. The highest BCUT2D eigenvalue weighted by atomic mass is 32.2. The van der Waals surface area contributed by atoms with Crippen molar-refractivity contribution in [2.24, 2.45) is 0 Å². The number of ether oxygens (including phenoxy) is 1. The number of carbonyl (C=O) groups is 1. The minimum absolute atomic E-state index is 0.0786. The van der Waals surface area contributed by atoms with Gasteiger partial charge in [-0.1, -0.05) is 17.7 Å². The van der Waals surface area contributed by atoms with E-state index in [4.69, 9.17) is 4.74 Å². The van der Waals surface area contributed by atoms with Crippen LogP contribution in [-0.2, 0) is 19.6 Å². The molecule has 1 atom stereocenters. The van der Waals surface area contributed by atoms with E-state index in [2.05, 4.69) is 15.4 Å². The van der Waals surface area contributed by atoms with Gasteiger partial charge in [-0.15, -0.1) is 0 Å². The number of carbonyl (C=O) groups excluding carboxylic acids is 1. The number of benzene rings is 1. The molecule has 1 saturated heterocycles. The topological polar surface area (TPSA) is 96.5 Å². The minimum Gasteiger partial charge on any atom is -0.375 e. The fraction of sp³-hybridized carbons (Fsp3) is 0.562. The lowest BCUT2D eigenvalue weighted by Crippen LogP contribution is -2.41. The summed E-state index contributed by atoms with van der Waals surface area (Å²) in [4.78, 5) is 12.0. The first-order valence-electron chi connectivity index (χ1n) is 8.13. The Morgan fingerprint density at radius 2 is 2.04 bits per heavy atom. The SMILES string of the molecule is Cc1ccc(S(=O)(=O)NCCCNC(=O)C[C@H]2CNCCO2)cc1. The van der Waals surface area contributed by atoms with Crippen LogP contribution in [0.4, 0.5) is 0 Å². The van der Waals surface area contributed by atoms with Crippen LogP contribution in [0.2, 0.25) is 0 Å². The predicted molar refractivity (Wildman–Crippen MR) is 91.2 cm³/mol. The van der Waals surface area contributed by atoms with E-state index in [-0.39, 0.29) is 23.5 Å². The van der Waals surface area contributed by atoms with Crippen molar-refractivity contribution < 1.29 is 17.9 Å². The first-order chi connectivity index (χ1) is 11.5. The molecule has 8 heteroatoms. The Morgan fingerprint density at radius 1 is 1.29 bits per heavy atom. The average molecular weight is 355 g/mol. The van der Waals surface area contributed by atoms with Gasteiger partial charge < -0.3 is 15.4 Å². The quantitative estimate of drug-likeness (QED) is 0.577. The molecular formula is C16H25N3O4S. The van der Waals surface area contributed by atoms with E-state index < -0.39 is 10.0 Å². The summed E-state index contributed by atoms with van der Waals surface area (Å²) < 4.78 is 32.2. The van der Waals surface area contributed by atoms with Gasteiger partial charge in [0.25, 0.3) is 0 Å². The summed E-state index contributed by atoms with van der Waals surface area (Å²) >= 11 is 0. The van der Waals surface area contributed by atoms with Crippen molar-refractivity contribution in [3.05, 3.63) is 29.8 Å². The molecule has 0 aliphatic carbocycles. The molecular weight excluding hydrogens is 330 g/mol. The molecule has 1 aromatic carbocycles. The third kappa shape index (κ3) is 6.20. The largest absolute Gasteiger partial charge is 0.375 e. The second kappa shape index (κ2) is 9.12. The van der Waals surface area contributed by atoms with Crippen molar-refractivity contribution in [2.75, 3.05) is 32.8 Å². The Morgan fingerprint density at radius 3 is 2.71 bits per heavy atom. The number of hydrogen-bond acceptors (Lipinski definition) is 5. The zero-order chi connectivity index (χ0) is 17.4. The molecule has 2 rings (SSSR count). The fourth-order valence-corrected chi connectivity index (χ4v) is 3.43. The Hall–Kier alpha value is -1.48. The zero-order valence-corrected chi connectivity index (χ0v) is 14.7. The first kappa shape index (κ1) is 18.9. The Balaban J connectivity index is 1.63. The lowest BCUT2D eigenvalue weighted by molar-refractivity contribution is -0.124. The standard InChI is InChI=1S/C16H25N3O4S/c1-13-3-5-15(6-4-13)24(21,22)19-8-2-7-18-16(20)11-14-12-17-9-10-23-14/h3-6,14,17,19H,2,7-12H2,1H3,(H,18,20)/t14-/m0/s1. The van der Waals surface area contributed by atoms with E-state index in [1.54, 1.807) is 24.3 Å². The minimum atomic E-state index is -3.49. The molecule has 24 heavy (non-hydrogen) atoms. The van der Waals surface area contributed by atoms with Crippen molar-refractivity contribution in [3.8, 4) is 0 Å². The molecule has 134 valence electrons. The number of aryl methyl sites for hydroxylation is 1. The Kier molecular flexibility index (Phi) is 7.16. The summed E-state index contributed by atoms with van der Waals surface area (Å²) in [5.74, 6) is -0.0786. The lowest BCUT2D eigenvalue weighted by atomic mass is 10.2. The van der Waals surface area contributed by atoms with Crippen molar-refractivity contribution >= 4 is 15.9 Å². The molecule has 0 aromatic heterocycles. The molecule has 1 fully saturated rings. The van der Waals surface area contributed by atoms with Gasteiger partial charge in [0.15, 0.2) is 0 Å². The van der Waals surface area contributed by atoms with Gasteiger partial charge >= 0.3 is 0 Å². The van der Waals surface area contributed by atoms with Crippen LogP contribution in [0.25, 0.3) is 0 Å². The van der Waals surface area contributed by atoms with E-state index in [1.165, 1.54) is 0 Å². The second-order valence-corrected chi connectivity index (χ2v) is 7.58. The molecule has 0 unspecified atom stereocenters. The van der Waals surface area contributed by atoms with Crippen molar-refractivity contribution in [2.45, 2.75) is 30.8 Å². The van der Waals surface area contributed by atoms with Crippen molar-refractivity contribution in [1.29, 1.82) is 0 Å². The molecule has 0 spiro atoms. The van der Waals surface area contributed by atoms with Gasteiger partial charge in [-0.2, -0.15) is 0 Å². The van der Waals surface area contributed by atoms with Crippen LogP contribution in [0.15, 0.2) is 29.2 Å². The number of hydrogen-bond donors (Lipinski definition) is 3. The highest BCUT2D eigenvalue weighted by Gasteiger charge is 2.17. The van der Waals surface area contributed by atoms with Crippen LogP contribution < -0.4 is 15.4 Å². The van der Waals surface area contributed by atoms with Crippen LogP contribution in [-0.4, -0.2) is 53.2 Å². The Labute approximate surface area is 143 Å². The predicted octanol–water partition coefficient (Wildman–Crippen LogP) is 0.158. The van der Waals surface area contributed by atoms with Gasteiger partial charge in [0, 0.05) is 26.2 Å². The third-order valence-corrected chi connectivity index (χ3v) is 5.19. The summed E-state index contributed by atoms with van der Waals surface area (Å²) in [6.45, 7) is 4.73. The van der Waals surface area contributed by atoms with E-state index in [0.29, 0.717) is 32.5 Å². The number of amides is 1. The number of nitrogens with one attached hydrogen (secondary N) is 3. The van der Waals surface area contributed by atoms with Crippen LogP contribution in [0, 0.1) is 6.92 Å². The third-order valence-electron chi connectivity index (χ3n) is 3.72. The molecule has 0 radical (unpaired) electrons. The molecule has 1 aliphatic rings. The van der Waals surface area contributed by atoms with Crippen LogP contribution in [0.5, 0.6) is 0 Å². The van der Waals surface area contributed by atoms with Crippen molar-refractivity contribution in [1.82, 2.24) is 15.4 Å². The lowest BCUT2D eigenvalue weighted by Gasteiger charge is -2.23. The van der Waals surface area contributed by atoms with Crippen molar-refractivity contribution in [3.63, 3.8) is 0 Å². The maximum absolute atomic E-state index is 12.1. The monoisotopic (exact) mass is 355 g/mol. The van der Waals surface area contributed by atoms with E-state index in [0.717, 1.165) is 12.1 Å². The first-order valence-corrected chi connectivity index (χ1v) is 9.61. The maximum atomic E-state index is 12.1. The molecule has 0 bridgehead atoms. The summed E-state index contributed by atoms with van der Waals surface area (Å²) in [5.41, 5.74) is 1.01. The van der Waals surface area contributed by atoms with Gasteiger partial charge in [0.1, 0.15) is 0 Å². The van der Waals surface area contributed by atoms with Crippen LogP contribution >= 0.6 is 0 Å². The number of morpholine rings is 1. The molecule has 3 N–H and O–H groups in total. The molecule has 0 saturated carbocycles. The van der Waals surface area contributed by atoms with Gasteiger partial charge in [0.05, 0.1) is 24.0 Å². The van der Waals surface area contributed by atoms with Gasteiger partial charge in [-0.25, -0.2) is 13.1 Å². The van der Waals surface area contributed by atoms with Gasteiger partial charge in [-0.05, 0) is 25.5 Å². The fourth-order valence-electron chi connectivity index (χ4n) is 2.35. The normalized spacial score (nSPS) is 18.3. The van der Waals surface area contributed by atoms with Gasteiger partial charge in [-0.3, -0.25) is 4.79 Å². The maximum Gasteiger partial charge on any atom is 0.240 e. The van der Waals surface area contributed by atoms with Crippen LogP contribution in [0.3, 0.4) is 0 Å². The van der Waals surface area contributed by atoms with Gasteiger partial charge in [0.2, 0.25) is 15.9 Å². The highest BCUT2D eigenvalue weighted by molar-refractivity contribution is 7.89. The summed E-state index contributed by atoms with van der Waals surface area (Å²) in [6, 6.07) is 6.68. The zero-order valence-electron chi connectivity index (χ0n) is 13.9. The van der Waals surface area contributed by atoms with E-state index >= 15 is 0 Å². The second-order valence-electron chi connectivity index (χ2n) is 5.82. The summed E-state index contributed by atoms with van der Waals surface area (Å²) in [7, 11) is -3.49. The van der Waals surface area contributed by atoms with E-state index in [9.17, 15) is 13.2 Å². The summed E-state index contributed by atoms with van der Waals surface area (Å²) in [6.07, 6.45) is 0.765. The molecule has 1 amide bonds. The highest BCUT2D eigenvalue weighted by Crippen LogP contribution is 2.09. The smallest absolute Gasteiger partial charge is 0.240 e. The van der Waals surface area contributed by atoms with Crippen LogP contribution in [0.1, 0.15) is 18.4 Å². The molecule has 7 nitrogen and oxygen atoms in total. The average Bonchev–Trinajstić information content (AvgIpc) is 2.56. The van der Waals surface area contributed by atoms with E-state index in [1.807, 2.05) is 6.92 Å². The Bertz CT molecular complexity index is 625. The number of sulfonamides is 1. The number of rotatable bonds is 8.